The number of aromatic nitrogens is 2. The van der Waals surface area contributed by atoms with Crippen LogP contribution in [0.2, 0.25) is 0 Å². The zero-order valence-electron chi connectivity index (χ0n) is 15.8. The normalized spacial score (nSPS) is 11.9. The van der Waals surface area contributed by atoms with Gasteiger partial charge in [-0.15, -0.1) is 0 Å². The minimum atomic E-state index is -0.286. The van der Waals surface area contributed by atoms with Crippen molar-refractivity contribution in [1.29, 1.82) is 0 Å². The largest absolute Gasteiger partial charge is 0.497 e. The Hall–Kier alpha value is -3.60. The van der Waals surface area contributed by atoms with Gasteiger partial charge in [0, 0.05) is 12.4 Å². The van der Waals surface area contributed by atoms with Gasteiger partial charge in [-0.25, -0.2) is 4.98 Å². The molecule has 0 radical (unpaired) electrons. The van der Waals surface area contributed by atoms with E-state index < -0.39 is 0 Å². The number of hydrogen-bond donors (Lipinski definition) is 1. The molecule has 2 aromatic carbocycles. The molecule has 0 saturated heterocycles. The highest BCUT2D eigenvalue weighted by atomic mass is 16.5. The van der Waals surface area contributed by atoms with Crippen molar-refractivity contribution in [2.24, 2.45) is 0 Å². The lowest BCUT2D eigenvalue weighted by Gasteiger charge is -2.19. The van der Waals surface area contributed by atoms with Crippen LogP contribution in [0.15, 0.2) is 79.1 Å². The van der Waals surface area contributed by atoms with Crippen molar-refractivity contribution in [1.82, 2.24) is 14.7 Å². The van der Waals surface area contributed by atoms with Gasteiger partial charge in [-0.3, -0.25) is 4.79 Å². The van der Waals surface area contributed by atoms with Gasteiger partial charge in [0.25, 0.3) is 5.91 Å². The van der Waals surface area contributed by atoms with Gasteiger partial charge in [0.1, 0.15) is 17.1 Å². The molecule has 2 heterocycles. The molecule has 0 aliphatic heterocycles. The molecule has 1 amide bonds. The van der Waals surface area contributed by atoms with Gasteiger partial charge in [0.05, 0.1) is 13.2 Å². The highest BCUT2D eigenvalue weighted by molar-refractivity contribution is 5.93. The molecule has 0 bridgehead atoms. The Labute approximate surface area is 163 Å². The Morgan fingerprint density at radius 1 is 1.04 bits per heavy atom. The Balaban J connectivity index is 1.66. The fourth-order valence-corrected chi connectivity index (χ4v) is 3.20. The summed E-state index contributed by atoms with van der Waals surface area (Å²) in [5.74, 6) is 0.559. The molecular weight excluding hydrogens is 350 g/mol. The number of fused-ring (bicyclic) bond motifs is 1. The highest BCUT2D eigenvalue weighted by Gasteiger charge is 2.19. The molecule has 4 aromatic rings. The van der Waals surface area contributed by atoms with E-state index in [2.05, 4.69) is 10.3 Å². The Kier molecular flexibility index (Phi) is 4.81. The molecule has 1 N–H and O–H groups in total. The molecule has 0 aliphatic carbocycles. The summed E-state index contributed by atoms with van der Waals surface area (Å²) in [5, 5.41) is 3.12. The first kappa shape index (κ1) is 17.8. The van der Waals surface area contributed by atoms with E-state index in [1.54, 1.807) is 13.3 Å². The molecule has 5 heteroatoms. The van der Waals surface area contributed by atoms with Gasteiger partial charge in [0.2, 0.25) is 0 Å². The monoisotopic (exact) mass is 371 g/mol. The SMILES string of the molecule is COc1ccc([C@@H](NC(=O)c2cn3ccc(C)cc3n2)c2ccccc2)cc1. The van der Waals surface area contributed by atoms with E-state index in [1.807, 2.05) is 84.3 Å². The van der Waals surface area contributed by atoms with Gasteiger partial charge in [0.15, 0.2) is 0 Å². The Morgan fingerprint density at radius 3 is 2.46 bits per heavy atom. The Bertz CT molecular complexity index is 1100. The Morgan fingerprint density at radius 2 is 1.75 bits per heavy atom. The number of nitrogens with one attached hydrogen (secondary N) is 1. The third-order valence-electron chi connectivity index (χ3n) is 4.71. The average molecular weight is 371 g/mol. The fraction of sp³-hybridized carbons (Fsp3) is 0.130. The van der Waals surface area contributed by atoms with E-state index in [0.29, 0.717) is 5.69 Å². The van der Waals surface area contributed by atoms with E-state index in [9.17, 15) is 4.79 Å². The summed E-state index contributed by atoms with van der Waals surface area (Å²) < 4.78 is 7.10. The molecule has 0 unspecified atom stereocenters. The average Bonchev–Trinajstić information content (AvgIpc) is 3.16. The van der Waals surface area contributed by atoms with Crippen LogP contribution < -0.4 is 10.1 Å². The lowest BCUT2D eigenvalue weighted by molar-refractivity contribution is 0.0938. The second kappa shape index (κ2) is 7.56. The predicted octanol–water partition coefficient (Wildman–Crippen LogP) is 4.17. The number of methoxy groups -OCH3 is 1. The van der Waals surface area contributed by atoms with Crippen molar-refractivity contribution in [3.63, 3.8) is 0 Å². The number of amides is 1. The molecule has 2 aromatic heterocycles. The zero-order chi connectivity index (χ0) is 19.5. The number of imidazole rings is 1. The number of rotatable bonds is 5. The summed E-state index contributed by atoms with van der Waals surface area (Å²) in [6.07, 6.45) is 3.66. The van der Waals surface area contributed by atoms with Crippen LogP contribution in [0.1, 0.15) is 33.2 Å². The molecule has 5 nitrogen and oxygen atoms in total. The summed E-state index contributed by atoms with van der Waals surface area (Å²) in [6, 6.07) is 21.3. The zero-order valence-corrected chi connectivity index (χ0v) is 15.8. The van der Waals surface area contributed by atoms with Crippen molar-refractivity contribution < 1.29 is 9.53 Å². The van der Waals surface area contributed by atoms with Gasteiger partial charge < -0.3 is 14.5 Å². The van der Waals surface area contributed by atoms with Crippen LogP contribution in [0.25, 0.3) is 5.65 Å². The maximum absolute atomic E-state index is 13.0. The van der Waals surface area contributed by atoms with E-state index in [1.165, 1.54) is 0 Å². The van der Waals surface area contributed by atoms with Gasteiger partial charge >= 0.3 is 0 Å². The van der Waals surface area contributed by atoms with E-state index in [-0.39, 0.29) is 11.9 Å². The van der Waals surface area contributed by atoms with Gasteiger partial charge in [-0.05, 0) is 47.9 Å². The molecule has 28 heavy (non-hydrogen) atoms. The second-order valence-corrected chi connectivity index (χ2v) is 6.69. The third kappa shape index (κ3) is 3.60. The van der Waals surface area contributed by atoms with E-state index >= 15 is 0 Å². The summed E-state index contributed by atoms with van der Waals surface area (Å²) in [7, 11) is 1.64. The number of carbonyl (C=O) groups excluding carboxylic acids is 1. The standard InChI is InChI=1S/C23H21N3O2/c1-16-12-13-26-15-20(24-21(26)14-16)23(27)25-22(17-6-4-3-5-7-17)18-8-10-19(28-2)11-9-18/h3-15,22H,1-2H3,(H,25,27)/t22-/m0/s1. The number of nitrogens with zero attached hydrogens (tertiary/aromatic N) is 2. The number of hydrogen-bond acceptors (Lipinski definition) is 3. The number of carbonyl (C=O) groups is 1. The fourth-order valence-electron chi connectivity index (χ4n) is 3.20. The maximum atomic E-state index is 13.0. The molecule has 0 fully saturated rings. The first-order chi connectivity index (χ1) is 13.6. The number of aryl methyl sites for hydroxylation is 1. The molecular formula is C23H21N3O2. The summed E-state index contributed by atoms with van der Waals surface area (Å²) in [5.41, 5.74) is 4.22. The highest BCUT2D eigenvalue weighted by Crippen LogP contribution is 2.24. The van der Waals surface area contributed by atoms with Crippen molar-refractivity contribution in [3.8, 4) is 5.75 Å². The van der Waals surface area contributed by atoms with Crippen LogP contribution in [0.4, 0.5) is 0 Å². The molecule has 0 aliphatic rings. The smallest absolute Gasteiger partial charge is 0.272 e. The minimum Gasteiger partial charge on any atom is -0.497 e. The molecule has 4 rings (SSSR count). The van der Waals surface area contributed by atoms with E-state index in [0.717, 1.165) is 28.1 Å². The lowest BCUT2D eigenvalue weighted by Crippen LogP contribution is -2.29. The molecule has 1 atom stereocenters. The summed E-state index contributed by atoms with van der Waals surface area (Å²) >= 11 is 0. The van der Waals surface area contributed by atoms with Crippen molar-refractivity contribution in [2.75, 3.05) is 7.11 Å². The molecule has 140 valence electrons. The van der Waals surface area contributed by atoms with Crippen LogP contribution in [-0.4, -0.2) is 22.4 Å². The number of pyridine rings is 1. The maximum Gasteiger partial charge on any atom is 0.272 e. The predicted molar refractivity (Wildman–Crippen MR) is 109 cm³/mol. The van der Waals surface area contributed by atoms with Crippen LogP contribution in [0.3, 0.4) is 0 Å². The third-order valence-corrected chi connectivity index (χ3v) is 4.71. The van der Waals surface area contributed by atoms with Crippen LogP contribution in [0, 0.1) is 6.92 Å². The van der Waals surface area contributed by atoms with Crippen molar-refractivity contribution in [3.05, 3.63) is 102 Å². The van der Waals surface area contributed by atoms with Crippen molar-refractivity contribution in [2.45, 2.75) is 13.0 Å². The van der Waals surface area contributed by atoms with E-state index in [4.69, 9.17) is 4.74 Å². The minimum absolute atomic E-state index is 0.217. The van der Waals surface area contributed by atoms with Crippen LogP contribution in [-0.2, 0) is 0 Å². The van der Waals surface area contributed by atoms with Gasteiger partial charge in [-0.1, -0.05) is 42.5 Å². The quantitative estimate of drug-likeness (QED) is 0.573. The lowest BCUT2D eigenvalue weighted by atomic mass is 9.98. The van der Waals surface area contributed by atoms with Crippen molar-refractivity contribution >= 4 is 11.6 Å². The van der Waals surface area contributed by atoms with Crippen LogP contribution >= 0.6 is 0 Å². The summed E-state index contributed by atoms with van der Waals surface area (Å²) in [4.78, 5) is 17.4. The number of benzene rings is 2. The molecule has 0 spiro atoms. The molecule has 0 saturated carbocycles. The van der Waals surface area contributed by atoms with Crippen LogP contribution in [0.5, 0.6) is 5.75 Å². The first-order valence-corrected chi connectivity index (χ1v) is 9.09. The topological polar surface area (TPSA) is 55.6 Å². The summed E-state index contributed by atoms with van der Waals surface area (Å²) in [6.45, 7) is 2.00. The number of ether oxygens (including phenoxy) is 1. The second-order valence-electron chi connectivity index (χ2n) is 6.69. The van der Waals surface area contributed by atoms with Gasteiger partial charge in [-0.2, -0.15) is 0 Å². The first-order valence-electron chi connectivity index (χ1n) is 9.09.